The van der Waals surface area contributed by atoms with Gasteiger partial charge in [0.05, 0.1) is 5.75 Å². The molecule has 0 bridgehead atoms. The van der Waals surface area contributed by atoms with Crippen molar-refractivity contribution >= 4 is 45.9 Å². The Labute approximate surface area is 140 Å². The topological polar surface area (TPSA) is 110 Å². The van der Waals surface area contributed by atoms with Crippen LogP contribution < -0.4 is 10.6 Å². The number of amides is 2. The first-order chi connectivity index (χ1) is 11.1. The lowest BCUT2D eigenvalue weighted by Crippen LogP contribution is -2.15. The predicted molar refractivity (Wildman–Crippen MR) is 87.4 cm³/mol. The highest BCUT2D eigenvalue weighted by Crippen LogP contribution is 2.30. The average Bonchev–Trinajstić information content (AvgIpc) is 3.31. The van der Waals surface area contributed by atoms with Crippen molar-refractivity contribution in [3.8, 4) is 0 Å². The maximum Gasteiger partial charge on any atom is 0.236 e. The van der Waals surface area contributed by atoms with Crippen LogP contribution in [0.5, 0.6) is 0 Å². The van der Waals surface area contributed by atoms with Gasteiger partial charge in [0.1, 0.15) is 10.0 Å². The summed E-state index contributed by atoms with van der Waals surface area (Å²) in [5.41, 5.74) is 0. The number of thioether (sulfide) groups is 1. The van der Waals surface area contributed by atoms with Crippen LogP contribution in [0.1, 0.15) is 17.8 Å². The molecule has 1 aliphatic carbocycles. The molecule has 0 saturated heterocycles. The predicted octanol–water partition coefficient (Wildman–Crippen LogP) is 1.72. The zero-order valence-electron chi connectivity index (χ0n) is 12.3. The number of anilines is 2. The summed E-state index contributed by atoms with van der Waals surface area (Å²) in [6, 6.07) is 3.41. The highest BCUT2D eigenvalue weighted by atomic mass is 32.2. The smallest absolute Gasteiger partial charge is 0.236 e. The zero-order valence-corrected chi connectivity index (χ0v) is 13.9. The zero-order chi connectivity index (χ0) is 16.2. The Morgan fingerprint density at radius 1 is 1.22 bits per heavy atom. The lowest BCUT2D eigenvalue weighted by atomic mass is 10.4. The van der Waals surface area contributed by atoms with Crippen LogP contribution in [0.2, 0.25) is 0 Å². The number of nitrogens with one attached hydrogen (secondary N) is 2. The maximum atomic E-state index is 11.8. The fraction of sp³-hybridized carbons (Fsp3) is 0.385. The normalized spacial score (nSPS) is 13.6. The van der Waals surface area contributed by atoms with Crippen LogP contribution in [0.25, 0.3) is 0 Å². The summed E-state index contributed by atoms with van der Waals surface area (Å²) in [7, 11) is 0. The highest BCUT2D eigenvalue weighted by Gasteiger charge is 2.29. The number of nitrogens with zero attached hydrogens (tertiary/aromatic N) is 4. The van der Waals surface area contributed by atoms with Crippen molar-refractivity contribution in [2.24, 2.45) is 5.92 Å². The third-order valence-corrected chi connectivity index (χ3v) is 4.64. The molecule has 0 aromatic carbocycles. The van der Waals surface area contributed by atoms with E-state index in [4.69, 9.17) is 0 Å². The maximum absolute atomic E-state index is 11.8. The molecule has 2 aromatic rings. The Morgan fingerprint density at radius 3 is 2.65 bits per heavy atom. The van der Waals surface area contributed by atoms with Gasteiger partial charge < -0.3 is 5.32 Å². The fourth-order valence-electron chi connectivity index (χ4n) is 1.68. The van der Waals surface area contributed by atoms with E-state index >= 15 is 0 Å². The Morgan fingerprint density at radius 2 is 2.04 bits per heavy atom. The number of hydrogen-bond donors (Lipinski definition) is 2. The molecule has 120 valence electrons. The Bertz CT molecular complexity index is 714. The van der Waals surface area contributed by atoms with Crippen molar-refractivity contribution in [2.45, 2.75) is 24.8 Å². The molecule has 3 rings (SSSR count). The average molecular weight is 350 g/mol. The van der Waals surface area contributed by atoms with Crippen LogP contribution >= 0.6 is 23.1 Å². The molecule has 2 amide bonds. The number of aryl methyl sites for hydroxylation is 1. The van der Waals surface area contributed by atoms with Crippen LogP contribution in [-0.4, -0.2) is 38.0 Å². The molecular formula is C13H14N6O2S2. The van der Waals surface area contributed by atoms with E-state index in [2.05, 4.69) is 31.0 Å². The van der Waals surface area contributed by atoms with Crippen LogP contribution in [0.3, 0.4) is 0 Å². The lowest BCUT2D eigenvalue weighted by Gasteiger charge is -2.03. The summed E-state index contributed by atoms with van der Waals surface area (Å²) in [5.74, 6) is 0.560. The van der Waals surface area contributed by atoms with E-state index in [0.29, 0.717) is 16.0 Å². The second kappa shape index (κ2) is 7.01. The molecule has 1 aliphatic rings. The van der Waals surface area contributed by atoms with Crippen molar-refractivity contribution in [2.75, 3.05) is 16.4 Å². The van der Waals surface area contributed by atoms with Gasteiger partial charge in [-0.15, -0.1) is 20.4 Å². The number of carbonyl (C=O) groups is 2. The summed E-state index contributed by atoms with van der Waals surface area (Å²) in [6.45, 7) is 1.82. The van der Waals surface area contributed by atoms with E-state index in [0.717, 1.165) is 17.8 Å². The molecule has 0 radical (unpaired) electrons. The standard InChI is InChI=1S/C13H14N6O2S2/c1-7-16-19-13(23-7)15-10(20)6-22-11-5-4-9(17-18-11)14-12(21)8-2-3-8/h4-5,8H,2-3,6H2,1H3,(H,14,17,21)(H,15,19,20). The molecule has 0 aliphatic heterocycles. The third-order valence-electron chi connectivity index (χ3n) is 2.96. The quantitative estimate of drug-likeness (QED) is 0.763. The minimum Gasteiger partial charge on any atom is -0.309 e. The number of carbonyl (C=O) groups excluding carboxylic acids is 2. The summed E-state index contributed by atoms with van der Waals surface area (Å²) in [4.78, 5) is 23.4. The molecule has 8 nitrogen and oxygen atoms in total. The van der Waals surface area contributed by atoms with Gasteiger partial charge in [-0.05, 0) is 31.9 Å². The van der Waals surface area contributed by atoms with Gasteiger partial charge in [0.2, 0.25) is 16.9 Å². The molecule has 10 heteroatoms. The minimum absolute atomic E-state index is 0.00793. The molecule has 0 spiro atoms. The first-order valence-electron chi connectivity index (χ1n) is 6.97. The highest BCUT2D eigenvalue weighted by molar-refractivity contribution is 7.99. The van der Waals surface area contributed by atoms with Crippen LogP contribution in [0.15, 0.2) is 17.2 Å². The second-order valence-electron chi connectivity index (χ2n) is 4.98. The molecule has 0 atom stereocenters. The molecule has 0 unspecified atom stereocenters. The summed E-state index contributed by atoms with van der Waals surface area (Å²) in [6.07, 6.45) is 1.88. The largest absolute Gasteiger partial charge is 0.309 e. The van der Waals surface area contributed by atoms with Crippen LogP contribution in [-0.2, 0) is 9.59 Å². The number of rotatable bonds is 6. The first kappa shape index (κ1) is 15.8. The van der Waals surface area contributed by atoms with Crippen LogP contribution in [0.4, 0.5) is 10.9 Å². The lowest BCUT2D eigenvalue weighted by molar-refractivity contribution is -0.117. The van der Waals surface area contributed by atoms with Gasteiger partial charge in [0, 0.05) is 5.92 Å². The van der Waals surface area contributed by atoms with Crippen molar-refractivity contribution in [3.63, 3.8) is 0 Å². The van der Waals surface area contributed by atoms with Gasteiger partial charge in [-0.25, -0.2) is 0 Å². The number of aromatic nitrogens is 4. The molecule has 1 saturated carbocycles. The SMILES string of the molecule is Cc1nnc(NC(=O)CSc2ccc(NC(=O)C3CC3)nn2)s1. The Hall–Kier alpha value is -2.07. The van der Waals surface area contributed by atoms with Gasteiger partial charge in [-0.2, -0.15) is 0 Å². The Balaban J connectivity index is 1.46. The van der Waals surface area contributed by atoms with Gasteiger partial charge in [-0.1, -0.05) is 23.1 Å². The third kappa shape index (κ3) is 4.70. The second-order valence-corrected chi connectivity index (χ2v) is 7.16. The molecule has 23 heavy (non-hydrogen) atoms. The van der Waals surface area contributed by atoms with Crippen molar-refractivity contribution < 1.29 is 9.59 Å². The van der Waals surface area contributed by atoms with Crippen molar-refractivity contribution in [3.05, 3.63) is 17.1 Å². The van der Waals surface area contributed by atoms with Gasteiger partial charge in [0.15, 0.2) is 5.82 Å². The molecular weight excluding hydrogens is 336 g/mol. The molecule has 2 aromatic heterocycles. The van der Waals surface area contributed by atoms with Crippen LogP contribution in [0, 0.1) is 12.8 Å². The van der Waals surface area contributed by atoms with E-state index in [-0.39, 0.29) is 23.5 Å². The van der Waals surface area contributed by atoms with Crippen molar-refractivity contribution in [1.82, 2.24) is 20.4 Å². The Kier molecular flexibility index (Phi) is 4.82. The van der Waals surface area contributed by atoms with Gasteiger partial charge in [-0.3, -0.25) is 14.9 Å². The summed E-state index contributed by atoms with van der Waals surface area (Å²) < 4.78 is 0. The van der Waals surface area contributed by atoms with E-state index in [1.54, 1.807) is 12.1 Å². The van der Waals surface area contributed by atoms with Gasteiger partial charge >= 0.3 is 0 Å². The summed E-state index contributed by atoms with van der Waals surface area (Å²) >= 11 is 2.58. The monoisotopic (exact) mass is 350 g/mol. The van der Waals surface area contributed by atoms with E-state index in [1.165, 1.54) is 23.1 Å². The van der Waals surface area contributed by atoms with E-state index in [1.807, 2.05) is 6.92 Å². The van der Waals surface area contributed by atoms with Gasteiger partial charge in [0.25, 0.3) is 0 Å². The summed E-state index contributed by atoms with van der Waals surface area (Å²) in [5, 5.41) is 22.9. The number of hydrogen-bond acceptors (Lipinski definition) is 8. The van der Waals surface area contributed by atoms with Crippen molar-refractivity contribution in [1.29, 1.82) is 0 Å². The first-order valence-corrected chi connectivity index (χ1v) is 8.78. The molecule has 2 N–H and O–H groups in total. The van der Waals surface area contributed by atoms with E-state index in [9.17, 15) is 9.59 Å². The molecule has 1 fully saturated rings. The minimum atomic E-state index is -0.181. The van der Waals surface area contributed by atoms with E-state index < -0.39 is 0 Å². The fourth-order valence-corrected chi connectivity index (χ4v) is 2.90. The molecule has 2 heterocycles.